The molecular formula is C34H40N6O2S2+2. The van der Waals surface area contributed by atoms with E-state index in [4.69, 9.17) is 0 Å². The van der Waals surface area contributed by atoms with Gasteiger partial charge < -0.3 is 0 Å². The number of nitrogens with zero attached hydrogens (tertiary/aromatic N) is 5. The molecule has 1 N–H and O–H groups in total. The zero-order chi connectivity index (χ0) is 31.4. The van der Waals surface area contributed by atoms with Gasteiger partial charge in [-0.3, -0.25) is 19.6 Å². The Kier molecular flexibility index (Phi) is 15.4. The fraction of sp³-hybridized carbons (Fsp3) is 0.235. The first-order valence-corrected chi connectivity index (χ1v) is 16.3. The van der Waals surface area contributed by atoms with E-state index in [1.54, 1.807) is 17.3 Å². The highest BCUT2D eigenvalue weighted by Crippen LogP contribution is 2.13. The van der Waals surface area contributed by atoms with Crippen LogP contribution in [0.2, 0.25) is 0 Å². The lowest BCUT2D eigenvalue weighted by atomic mass is 10.3. The van der Waals surface area contributed by atoms with Crippen molar-refractivity contribution in [2.24, 2.45) is 10.2 Å². The number of nitrogens with one attached hydrogen (secondary N) is 1. The summed E-state index contributed by atoms with van der Waals surface area (Å²) >= 11 is 2.52. The smallest absolute Gasteiger partial charge is 0.189 e. The third-order valence-corrected chi connectivity index (χ3v) is 8.07. The van der Waals surface area contributed by atoms with E-state index in [1.165, 1.54) is 23.5 Å². The normalized spacial score (nSPS) is 11.8. The van der Waals surface area contributed by atoms with Gasteiger partial charge in [0.25, 0.3) is 0 Å². The van der Waals surface area contributed by atoms with Crippen molar-refractivity contribution in [2.75, 3.05) is 42.2 Å². The van der Waals surface area contributed by atoms with Crippen molar-refractivity contribution < 1.29 is 19.1 Å². The van der Waals surface area contributed by atoms with Crippen molar-refractivity contribution in [2.45, 2.75) is 19.4 Å². The summed E-state index contributed by atoms with van der Waals surface area (Å²) < 4.78 is 2.03. The molecule has 0 radical (unpaired) electrons. The van der Waals surface area contributed by atoms with Crippen LogP contribution in [0.25, 0.3) is 0 Å². The standard InChI is InChI=1S/C34H39N6O2S2/c1-4-29(27-36-38(2)31-11-7-5-8-12-31)17-20-35-21-25-43-33(41)15-16-34(42)44-26-24-40-22-18-30(19-23-40)28-37-39(3)32-13-9-6-10-14-32/h4-14,17-20,22-23,27-28H,1,15-16,21,24-26H2,2-3H3/q+1/p+1/b29-17+,35-20?,36-27+. The lowest BCUT2D eigenvalue weighted by molar-refractivity contribution is -0.692. The van der Waals surface area contributed by atoms with Gasteiger partial charge in [-0.2, -0.15) is 10.2 Å². The van der Waals surface area contributed by atoms with E-state index >= 15 is 0 Å². The van der Waals surface area contributed by atoms with E-state index in [1.807, 2.05) is 127 Å². The molecule has 8 nitrogen and oxygen atoms in total. The zero-order valence-electron chi connectivity index (χ0n) is 25.3. The van der Waals surface area contributed by atoms with Gasteiger partial charge in [-0.05, 0) is 29.8 Å². The number of hydrogen-bond acceptors (Lipinski definition) is 8. The number of carbonyl (C=O) groups is 2. The third kappa shape index (κ3) is 13.4. The second-order valence-corrected chi connectivity index (χ2v) is 11.8. The van der Waals surface area contributed by atoms with Crippen molar-refractivity contribution in [3.05, 3.63) is 115 Å². The molecule has 0 spiro atoms. The number of allylic oxidation sites excluding steroid dienone is 3. The first-order chi connectivity index (χ1) is 21.4. The van der Waals surface area contributed by atoms with Gasteiger partial charge in [-0.25, -0.2) is 9.56 Å². The topological polar surface area (TPSA) is 83.2 Å². The van der Waals surface area contributed by atoms with E-state index in [-0.39, 0.29) is 23.1 Å². The van der Waals surface area contributed by atoms with Crippen molar-refractivity contribution in [3.63, 3.8) is 0 Å². The second kappa shape index (κ2) is 19.8. The molecule has 1 heterocycles. The predicted molar refractivity (Wildman–Crippen MR) is 187 cm³/mol. The van der Waals surface area contributed by atoms with Crippen molar-refractivity contribution in [3.8, 4) is 0 Å². The molecule has 3 rings (SSSR count). The van der Waals surface area contributed by atoms with Gasteiger partial charge in [0.05, 0.1) is 35.3 Å². The maximum Gasteiger partial charge on any atom is 0.189 e. The highest BCUT2D eigenvalue weighted by atomic mass is 32.2. The molecule has 0 saturated heterocycles. The average Bonchev–Trinajstić information content (AvgIpc) is 3.06. The average molecular weight is 629 g/mol. The van der Waals surface area contributed by atoms with Gasteiger partial charge in [0.2, 0.25) is 0 Å². The fourth-order valence-corrected chi connectivity index (χ4v) is 5.14. The summed E-state index contributed by atoms with van der Waals surface area (Å²) in [5, 5.41) is 12.6. The Labute approximate surface area is 269 Å². The lowest BCUT2D eigenvalue weighted by Gasteiger charge is -2.11. The largest absolute Gasteiger partial charge is 0.287 e. The van der Waals surface area contributed by atoms with E-state index in [9.17, 15) is 9.59 Å². The number of carbonyl (C=O) groups excluding carboxylic acids is 2. The molecule has 0 aliphatic rings. The molecule has 0 saturated carbocycles. The first kappa shape index (κ1) is 34.2. The van der Waals surface area contributed by atoms with E-state index < -0.39 is 0 Å². The summed E-state index contributed by atoms with van der Waals surface area (Å²) in [5.41, 5.74) is 3.86. The number of para-hydroxylation sites is 2. The van der Waals surface area contributed by atoms with Crippen LogP contribution in [0.4, 0.5) is 11.4 Å². The Balaban J connectivity index is 1.26. The molecule has 44 heavy (non-hydrogen) atoms. The zero-order valence-corrected chi connectivity index (χ0v) is 26.9. The minimum atomic E-state index is 0.0312. The molecule has 3 aromatic rings. The molecule has 0 aliphatic heterocycles. The number of hydrogen-bond donors (Lipinski definition) is 1. The predicted octanol–water partition coefficient (Wildman–Crippen LogP) is 4.13. The molecule has 0 atom stereocenters. The minimum Gasteiger partial charge on any atom is -0.287 e. The number of hydrazone groups is 2. The highest BCUT2D eigenvalue weighted by molar-refractivity contribution is 8.14. The fourth-order valence-electron chi connectivity index (χ4n) is 3.67. The molecule has 2 aromatic carbocycles. The number of thioether (sulfide) groups is 2. The molecule has 0 unspecified atom stereocenters. The van der Waals surface area contributed by atoms with Gasteiger partial charge in [-0.15, -0.1) is 0 Å². The Hall–Kier alpha value is -4.28. The maximum absolute atomic E-state index is 12.3. The van der Waals surface area contributed by atoms with Crippen LogP contribution in [0.3, 0.4) is 0 Å². The van der Waals surface area contributed by atoms with Crippen molar-refractivity contribution >= 4 is 63.8 Å². The Morgan fingerprint density at radius 2 is 1.41 bits per heavy atom. The van der Waals surface area contributed by atoms with Crippen LogP contribution in [-0.2, 0) is 16.1 Å². The monoisotopic (exact) mass is 628 g/mol. The van der Waals surface area contributed by atoms with E-state index in [2.05, 4.69) is 21.8 Å². The molecule has 10 heteroatoms. The van der Waals surface area contributed by atoms with Crippen LogP contribution >= 0.6 is 23.5 Å². The van der Waals surface area contributed by atoms with Crippen LogP contribution in [0, 0.1) is 0 Å². The number of benzene rings is 2. The second-order valence-electron chi connectivity index (χ2n) is 9.51. The minimum absolute atomic E-state index is 0.0312. The molecule has 1 aromatic heterocycles. The number of aryl methyl sites for hydroxylation is 1. The van der Waals surface area contributed by atoms with Crippen LogP contribution in [0.1, 0.15) is 18.4 Å². The summed E-state index contributed by atoms with van der Waals surface area (Å²) in [6, 6.07) is 23.8. The molecule has 0 aliphatic carbocycles. The summed E-state index contributed by atoms with van der Waals surface area (Å²) in [5.74, 6) is 1.28. The summed E-state index contributed by atoms with van der Waals surface area (Å²) in [7, 11) is 3.80. The molecule has 0 bridgehead atoms. The Bertz CT molecular complexity index is 1440. The van der Waals surface area contributed by atoms with Gasteiger partial charge in [-0.1, -0.05) is 72.6 Å². The van der Waals surface area contributed by atoms with Crippen molar-refractivity contribution in [1.82, 2.24) is 0 Å². The lowest BCUT2D eigenvalue weighted by Crippen LogP contribution is -2.69. The number of pyridine rings is 1. The number of anilines is 2. The summed E-state index contributed by atoms with van der Waals surface area (Å²) in [4.78, 5) is 27.6. The summed E-state index contributed by atoms with van der Waals surface area (Å²) in [6.07, 6.45) is 13.5. The Morgan fingerprint density at radius 1 is 0.841 bits per heavy atom. The molecular weight excluding hydrogens is 589 g/mol. The number of aromatic nitrogens is 1. The quantitative estimate of drug-likeness (QED) is 0.0796. The molecule has 228 valence electrons. The first-order valence-electron chi connectivity index (χ1n) is 14.3. The van der Waals surface area contributed by atoms with Gasteiger partial charge in [0.15, 0.2) is 35.4 Å². The molecule has 0 fully saturated rings. The maximum atomic E-state index is 12.3. The number of rotatable bonds is 17. The van der Waals surface area contributed by atoms with Crippen LogP contribution in [0.15, 0.2) is 120 Å². The van der Waals surface area contributed by atoms with Crippen LogP contribution in [-0.4, -0.2) is 61.0 Å². The van der Waals surface area contributed by atoms with Crippen LogP contribution in [0.5, 0.6) is 0 Å². The summed E-state index contributed by atoms with van der Waals surface area (Å²) in [6.45, 7) is 5.17. The van der Waals surface area contributed by atoms with Crippen LogP contribution < -0.4 is 19.6 Å². The Morgan fingerprint density at radius 3 is 2.00 bits per heavy atom. The SMILES string of the molecule is C=CC(/C=N/N(C)c1ccccc1)=C\C=[NH+]CCSC(=O)CCC(=O)SCC[n+]1ccc(/C=N/N(C)c2ccccc2)cc1. The third-order valence-electron chi connectivity index (χ3n) is 6.22. The van der Waals surface area contributed by atoms with E-state index in [0.717, 1.165) is 22.5 Å². The van der Waals surface area contributed by atoms with Gasteiger partial charge >= 0.3 is 0 Å². The van der Waals surface area contributed by atoms with Gasteiger partial charge in [0.1, 0.15) is 6.54 Å². The van der Waals surface area contributed by atoms with Crippen molar-refractivity contribution in [1.29, 1.82) is 0 Å². The highest BCUT2D eigenvalue weighted by Gasteiger charge is 2.10. The van der Waals surface area contributed by atoms with Gasteiger partial charge in [0, 0.05) is 50.7 Å². The molecule has 0 amide bonds. The van der Waals surface area contributed by atoms with E-state index in [0.29, 0.717) is 24.6 Å².